The van der Waals surface area contributed by atoms with Crippen LogP contribution in [0.15, 0.2) is 48.7 Å². The Labute approximate surface area is 130 Å². The summed E-state index contributed by atoms with van der Waals surface area (Å²) in [7, 11) is 0. The van der Waals surface area contributed by atoms with Crippen LogP contribution in [0, 0.1) is 0 Å². The average Bonchev–Trinajstić information content (AvgIpc) is 2.47. The van der Waals surface area contributed by atoms with E-state index in [1.807, 2.05) is 42.5 Å². The lowest BCUT2D eigenvalue weighted by Gasteiger charge is -2.24. The second kappa shape index (κ2) is 6.58. The van der Waals surface area contributed by atoms with Crippen molar-refractivity contribution in [3.8, 4) is 11.3 Å². The minimum Gasteiger partial charge on any atom is -0.443 e. The van der Waals surface area contributed by atoms with Gasteiger partial charge >= 0.3 is 6.09 Å². The number of rotatable bonds is 3. The first kappa shape index (κ1) is 16.0. The molecule has 5 heteroatoms. The maximum Gasteiger partial charge on any atom is 0.424 e. The monoisotopic (exact) mass is 299 g/mol. The van der Waals surface area contributed by atoms with Gasteiger partial charge in [-0.05, 0) is 38.5 Å². The van der Waals surface area contributed by atoms with Gasteiger partial charge in [0.2, 0.25) is 0 Å². The number of nitrogens with two attached hydrogens (primary N) is 1. The first-order chi connectivity index (χ1) is 10.3. The first-order valence-electron chi connectivity index (χ1n) is 7.11. The second-order valence-electron chi connectivity index (χ2n) is 6.02. The smallest absolute Gasteiger partial charge is 0.424 e. The highest BCUT2D eigenvalue weighted by molar-refractivity contribution is 5.67. The zero-order valence-electron chi connectivity index (χ0n) is 13.1. The van der Waals surface area contributed by atoms with Crippen molar-refractivity contribution in [2.24, 2.45) is 5.84 Å². The van der Waals surface area contributed by atoms with E-state index >= 15 is 0 Å². The number of ether oxygens (including phenoxy) is 1. The average molecular weight is 299 g/mol. The van der Waals surface area contributed by atoms with Gasteiger partial charge in [0.05, 0.1) is 12.2 Å². The van der Waals surface area contributed by atoms with Crippen molar-refractivity contribution < 1.29 is 9.53 Å². The minimum absolute atomic E-state index is 0.289. The van der Waals surface area contributed by atoms with E-state index in [-0.39, 0.29) is 6.54 Å². The van der Waals surface area contributed by atoms with E-state index in [1.54, 1.807) is 27.0 Å². The summed E-state index contributed by atoms with van der Waals surface area (Å²) in [6, 6.07) is 13.5. The van der Waals surface area contributed by atoms with E-state index in [9.17, 15) is 4.79 Å². The number of benzene rings is 1. The molecule has 1 heterocycles. The third-order valence-electron chi connectivity index (χ3n) is 2.90. The van der Waals surface area contributed by atoms with Crippen molar-refractivity contribution in [3.05, 3.63) is 54.2 Å². The predicted molar refractivity (Wildman–Crippen MR) is 85.6 cm³/mol. The second-order valence-corrected chi connectivity index (χ2v) is 6.02. The van der Waals surface area contributed by atoms with Gasteiger partial charge in [-0.1, -0.05) is 30.3 Å². The van der Waals surface area contributed by atoms with E-state index in [4.69, 9.17) is 10.6 Å². The van der Waals surface area contributed by atoms with Gasteiger partial charge in [-0.25, -0.2) is 15.6 Å². The van der Waals surface area contributed by atoms with E-state index < -0.39 is 11.7 Å². The van der Waals surface area contributed by atoms with Crippen LogP contribution >= 0.6 is 0 Å². The standard InChI is InChI=1S/C17H21N3O2/c1-17(2,3)22-16(21)20(18)12-13-7-9-14(10-8-13)15-6-4-5-11-19-15/h4-11H,12,18H2,1-3H3. The summed E-state index contributed by atoms with van der Waals surface area (Å²) in [5.41, 5.74) is 2.29. The highest BCUT2D eigenvalue weighted by Crippen LogP contribution is 2.17. The molecule has 0 aliphatic rings. The Kier molecular flexibility index (Phi) is 4.78. The molecule has 0 fully saturated rings. The number of nitrogens with zero attached hydrogens (tertiary/aromatic N) is 2. The van der Waals surface area contributed by atoms with Crippen LogP contribution in [-0.2, 0) is 11.3 Å². The largest absolute Gasteiger partial charge is 0.443 e. The Morgan fingerprint density at radius 2 is 1.86 bits per heavy atom. The summed E-state index contributed by atoms with van der Waals surface area (Å²) >= 11 is 0. The molecular formula is C17H21N3O2. The molecule has 0 aliphatic carbocycles. The molecule has 2 N–H and O–H groups in total. The fourth-order valence-electron chi connectivity index (χ4n) is 1.90. The molecule has 0 bridgehead atoms. The molecule has 0 unspecified atom stereocenters. The lowest BCUT2D eigenvalue weighted by Crippen LogP contribution is -2.40. The molecule has 0 saturated carbocycles. The molecule has 2 rings (SSSR count). The third-order valence-corrected chi connectivity index (χ3v) is 2.90. The normalized spacial score (nSPS) is 11.1. The lowest BCUT2D eigenvalue weighted by molar-refractivity contribution is 0.0231. The van der Waals surface area contributed by atoms with Gasteiger partial charge in [0.15, 0.2) is 0 Å². The Hall–Kier alpha value is -2.40. The van der Waals surface area contributed by atoms with Crippen LogP contribution in [0.2, 0.25) is 0 Å². The van der Waals surface area contributed by atoms with Crippen molar-refractivity contribution in [1.29, 1.82) is 0 Å². The van der Waals surface area contributed by atoms with Gasteiger partial charge in [0.1, 0.15) is 5.60 Å². The molecule has 116 valence electrons. The molecule has 1 aromatic heterocycles. The molecule has 1 amide bonds. The molecule has 0 atom stereocenters. The topological polar surface area (TPSA) is 68.5 Å². The van der Waals surface area contributed by atoms with Crippen LogP contribution in [-0.4, -0.2) is 21.7 Å². The van der Waals surface area contributed by atoms with Gasteiger partial charge in [-0.3, -0.25) is 4.98 Å². The number of carbonyl (C=O) groups is 1. The summed E-state index contributed by atoms with van der Waals surface area (Å²) < 4.78 is 5.22. The summed E-state index contributed by atoms with van der Waals surface area (Å²) in [4.78, 5) is 16.1. The van der Waals surface area contributed by atoms with Gasteiger partial charge in [-0.15, -0.1) is 0 Å². The number of hydrogen-bond acceptors (Lipinski definition) is 4. The summed E-state index contributed by atoms with van der Waals surface area (Å²) in [5.74, 6) is 5.75. The number of amides is 1. The lowest BCUT2D eigenvalue weighted by atomic mass is 10.1. The van der Waals surface area contributed by atoms with Gasteiger partial charge in [-0.2, -0.15) is 0 Å². The summed E-state index contributed by atoms with van der Waals surface area (Å²) in [5, 5.41) is 1.07. The number of carbonyl (C=O) groups excluding carboxylic acids is 1. The van der Waals surface area contributed by atoms with Crippen LogP contribution in [0.25, 0.3) is 11.3 Å². The Morgan fingerprint density at radius 1 is 1.18 bits per heavy atom. The predicted octanol–water partition coefficient (Wildman–Crippen LogP) is 3.36. The fraction of sp³-hybridized carbons (Fsp3) is 0.294. The Bertz CT molecular complexity index is 619. The highest BCUT2D eigenvalue weighted by atomic mass is 16.6. The SMILES string of the molecule is CC(C)(C)OC(=O)N(N)Cc1ccc(-c2ccccn2)cc1. The molecule has 0 aliphatic heterocycles. The van der Waals surface area contributed by atoms with E-state index in [2.05, 4.69) is 4.98 Å². The quantitative estimate of drug-likeness (QED) is 0.536. The maximum absolute atomic E-state index is 11.8. The van der Waals surface area contributed by atoms with Gasteiger partial charge in [0, 0.05) is 11.8 Å². The summed E-state index contributed by atoms with van der Waals surface area (Å²) in [6.07, 6.45) is 1.22. The molecule has 0 spiro atoms. The molecular weight excluding hydrogens is 278 g/mol. The zero-order chi connectivity index (χ0) is 16.2. The fourth-order valence-corrected chi connectivity index (χ4v) is 1.90. The van der Waals surface area contributed by atoms with Gasteiger partial charge < -0.3 is 4.74 Å². The molecule has 5 nitrogen and oxygen atoms in total. The molecule has 22 heavy (non-hydrogen) atoms. The van der Waals surface area contributed by atoms with Crippen molar-refractivity contribution in [3.63, 3.8) is 0 Å². The van der Waals surface area contributed by atoms with Crippen LogP contribution < -0.4 is 5.84 Å². The third kappa shape index (κ3) is 4.56. The maximum atomic E-state index is 11.8. The Morgan fingerprint density at radius 3 is 2.41 bits per heavy atom. The highest BCUT2D eigenvalue weighted by Gasteiger charge is 2.20. The van der Waals surface area contributed by atoms with Crippen LogP contribution in [0.5, 0.6) is 0 Å². The number of pyridine rings is 1. The van der Waals surface area contributed by atoms with Crippen LogP contribution in [0.1, 0.15) is 26.3 Å². The summed E-state index contributed by atoms with van der Waals surface area (Å²) in [6.45, 7) is 5.71. The number of hydrazine groups is 1. The van der Waals surface area contributed by atoms with E-state index in [0.717, 1.165) is 21.8 Å². The zero-order valence-corrected chi connectivity index (χ0v) is 13.1. The van der Waals surface area contributed by atoms with Gasteiger partial charge in [0.25, 0.3) is 0 Å². The van der Waals surface area contributed by atoms with Crippen molar-refractivity contribution in [2.45, 2.75) is 32.9 Å². The van der Waals surface area contributed by atoms with Crippen molar-refractivity contribution in [2.75, 3.05) is 0 Å². The number of aromatic nitrogens is 1. The Balaban J connectivity index is 2.01. The van der Waals surface area contributed by atoms with E-state index in [1.165, 1.54) is 0 Å². The van der Waals surface area contributed by atoms with Crippen molar-refractivity contribution in [1.82, 2.24) is 9.99 Å². The van der Waals surface area contributed by atoms with Crippen LogP contribution in [0.3, 0.4) is 0 Å². The molecule has 1 aromatic carbocycles. The molecule has 0 radical (unpaired) electrons. The molecule has 2 aromatic rings. The van der Waals surface area contributed by atoms with Crippen molar-refractivity contribution >= 4 is 6.09 Å². The number of hydrogen-bond donors (Lipinski definition) is 1. The van der Waals surface area contributed by atoms with Crippen LogP contribution in [0.4, 0.5) is 4.79 Å². The molecule has 0 saturated heterocycles. The first-order valence-corrected chi connectivity index (χ1v) is 7.11. The van der Waals surface area contributed by atoms with E-state index in [0.29, 0.717) is 0 Å². The minimum atomic E-state index is -0.558.